The third-order valence-corrected chi connectivity index (χ3v) is 4.37. The highest BCUT2D eigenvalue weighted by atomic mass is 35.5. The van der Waals surface area contributed by atoms with Gasteiger partial charge in [0.1, 0.15) is 0 Å². The molecule has 1 heterocycles. The number of Topliss-reactive ketones (excluding diaryl/α,β-unsaturated/α-hetero) is 1. The minimum absolute atomic E-state index is 0.0130. The molecule has 0 saturated heterocycles. The molecule has 1 amide bonds. The molecule has 0 atom stereocenters. The molecule has 2 aromatic rings. The minimum Gasteiger partial charge on any atom is -0.356 e. The number of nitrogens with one attached hydrogen (secondary N) is 1. The molecule has 2 rings (SSSR count). The Morgan fingerprint density at radius 3 is 2.73 bits per heavy atom. The molecule has 3 nitrogen and oxygen atoms in total. The minimum atomic E-state index is -0.0130. The molecule has 22 heavy (non-hydrogen) atoms. The van der Waals surface area contributed by atoms with Crippen LogP contribution in [0.3, 0.4) is 0 Å². The van der Waals surface area contributed by atoms with Gasteiger partial charge in [-0.25, -0.2) is 0 Å². The van der Waals surface area contributed by atoms with E-state index >= 15 is 0 Å². The van der Waals surface area contributed by atoms with Gasteiger partial charge in [0.2, 0.25) is 5.91 Å². The van der Waals surface area contributed by atoms with Crippen LogP contribution < -0.4 is 5.32 Å². The molecule has 0 aliphatic carbocycles. The number of ketones is 1. The SMILES string of the molecule is O=C(CCCC(=O)c1cccs1)NCCc1cccc(Cl)c1. The highest BCUT2D eigenvalue weighted by Gasteiger charge is 2.08. The summed E-state index contributed by atoms with van der Waals surface area (Å²) in [5.41, 5.74) is 1.10. The zero-order valence-electron chi connectivity index (χ0n) is 12.2. The monoisotopic (exact) mass is 335 g/mol. The van der Waals surface area contributed by atoms with Crippen LogP contribution >= 0.6 is 22.9 Å². The second kappa shape index (κ2) is 8.71. The van der Waals surface area contributed by atoms with Crippen molar-refractivity contribution in [1.29, 1.82) is 0 Å². The first-order valence-electron chi connectivity index (χ1n) is 7.23. The summed E-state index contributed by atoms with van der Waals surface area (Å²) in [6, 6.07) is 11.3. The number of amides is 1. The van der Waals surface area contributed by atoms with Crippen LogP contribution in [0.25, 0.3) is 0 Å². The van der Waals surface area contributed by atoms with Gasteiger partial charge < -0.3 is 5.32 Å². The number of benzene rings is 1. The van der Waals surface area contributed by atoms with Crippen molar-refractivity contribution in [3.05, 3.63) is 57.2 Å². The molecular formula is C17H18ClNO2S. The van der Waals surface area contributed by atoms with Crippen molar-refractivity contribution in [3.8, 4) is 0 Å². The van der Waals surface area contributed by atoms with Crippen molar-refractivity contribution in [3.63, 3.8) is 0 Å². The van der Waals surface area contributed by atoms with Crippen molar-refractivity contribution in [2.75, 3.05) is 6.54 Å². The molecule has 1 aromatic carbocycles. The highest BCUT2D eigenvalue weighted by molar-refractivity contribution is 7.12. The van der Waals surface area contributed by atoms with Gasteiger partial charge in [0.25, 0.3) is 0 Å². The zero-order valence-corrected chi connectivity index (χ0v) is 13.8. The highest BCUT2D eigenvalue weighted by Crippen LogP contribution is 2.13. The molecule has 5 heteroatoms. The van der Waals surface area contributed by atoms with Crippen LogP contribution in [0.5, 0.6) is 0 Å². The van der Waals surface area contributed by atoms with E-state index in [1.807, 2.05) is 41.8 Å². The van der Waals surface area contributed by atoms with Gasteiger partial charge in [0.15, 0.2) is 5.78 Å². The van der Waals surface area contributed by atoms with Crippen molar-refractivity contribution < 1.29 is 9.59 Å². The third-order valence-electron chi connectivity index (χ3n) is 3.23. The summed E-state index contributed by atoms with van der Waals surface area (Å²) < 4.78 is 0. The van der Waals surface area contributed by atoms with Crippen LogP contribution in [0.4, 0.5) is 0 Å². The van der Waals surface area contributed by atoms with Crippen molar-refractivity contribution in [2.24, 2.45) is 0 Å². The standard InChI is InChI=1S/C17H18ClNO2S/c18-14-5-1-4-13(12-14)9-10-19-17(21)8-2-6-15(20)16-7-3-11-22-16/h1,3-5,7,11-12H,2,6,8-10H2,(H,19,21). The number of halogens is 1. The van der Waals surface area contributed by atoms with Crippen LogP contribution in [0.15, 0.2) is 41.8 Å². The molecule has 0 bridgehead atoms. The molecule has 0 spiro atoms. The summed E-state index contributed by atoms with van der Waals surface area (Å²) >= 11 is 7.35. The van der Waals surface area contributed by atoms with Crippen LogP contribution in [-0.2, 0) is 11.2 Å². The molecule has 0 unspecified atom stereocenters. The third kappa shape index (κ3) is 5.62. The average molecular weight is 336 g/mol. The maximum atomic E-state index is 11.8. The quantitative estimate of drug-likeness (QED) is 0.738. The number of hydrogen-bond acceptors (Lipinski definition) is 3. The second-order valence-corrected chi connectivity index (χ2v) is 6.37. The first-order valence-corrected chi connectivity index (χ1v) is 8.49. The van der Waals surface area contributed by atoms with E-state index in [0.29, 0.717) is 30.8 Å². The summed E-state index contributed by atoms with van der Waals surface area (Å²) in [7, 11) is 0. The molecular weight excluding hydrogens is 318 g/mol. The fraction of sp³-hybridized carbons (Fsp3) is 0.294. The van der Waals surface area contributed by atoms with E-state index in [2.05, 4.69) is 5.32 Å². The predicted molar refractivity (Wildman–Crippen MR) is 90.7 cm³/mol. The number of rotatable bonds is 8. The van der Waals surface area contributed by atoms with Gasteiger partial charge in [-0.05, 0) is 42.0 Å². The molecule has 116 valence electrons. The van der Waals surface area contributed by atoms with Crippen molar-refractivity contribution in [1.82, 2.24) is 5.32 Å². The van der Waals surface area contributed by atoms with E-state index in [9.17, 15) is 9.59 Å². The maximum Gasteiger partial charge on any atom is 0.220 e. The molecule has 0 aliphatic rings. The van der Waals surface area contributed by atoms with Crippen molar-refractivity contribution in [2.45, 2.75) is 25.7 Å². The topological polar surface area (TPSA) is 46.2 Å². The fourth-order valence-corrected chi connectivity index (χ4v) is 3.00. The van der Waals surface area contributed by atoms with Gasteiger partial charge in [0.05, 0.1) is 4.88 Å². The molecule has 0 saturated carbocycles. The Morgan fingerprint density at radius 2 is 2.00 bits per heavy atom. The van der Waals surface area contributed by atoms with E-state index in [0.717, 1.165) is 16.9 Å². The van der Waals surface area contributed by atoms with Crippen LogP contribution in [0, 0.1) is 0 Å². The van der Waals surface area contributed by atoms with Gasteiger partial charge in [-0.1, -0.05) is 29.8 Å². The van der Waals surface area contributed by atoms with E-state index < -0.39 is 0 Å². The molecule has 0 fully saturated rings. The lowest BCUT2D eigenvalue weighted by atomic mass is 10.1. The van der Waals surface area contributed by atoms with Gasteiger partial charge >= 0.3 is 0 Å². The summed E-state index contributed by atoms with van der Waals surface area (Å²) in [6.07, 6.45) is 2.13. The second-order valence-electron chi connectivity index (χ2n) is 4.98. The first-order chi connectivity index (χ1) is 10.6. The van der Waals surface area contributed by atoms with Gasteiger partial charge in [-0.2, -0.15) is 0 Å². The zero-order chi connectivity index (χ0) is 15.8. The van der Waals surface area contributed by atoms with Gasteiger partial charge in [0, 0.05) is 24.4 Å². The lowest BCUT2D eigenvalue weighted by Crippen LogP contribution is -2.25. The van der Waals surface area contributed by atoms with E-state index in [-0.39, 0.29) is 11.7 Å². The van der Waals surface area contributed by atoms with E-state index in [4.69, 9.17) is 11.6 Å². The first kappa shape index (κ1) is 16.7. The number of carbonyl (C=O) groups is 2. The van der Waals surface area contributed by atoms with Crippen LogP contribution in [0.1, 0.15) is 34.5 Å². The Labute approximate surface area is 139 Å². The maximum absolute atomic E-state index is 11.8. The van der Waals surface area contributed by atoms with Gasteiger partial charge in [-0.15, -0.1) is 11.3 Å². The van der Waals surface area contributed by atoms with E-state index in [1.54, 1.807) is 0 Å². The smallest absolute Gasteiger partial charge is 0.220 e. The number of carbonyl (C=O) groups excluding carboxylic acids is 2. The van der Waals surface area contributed by atoms with E-state index in [1.165, 1.54) is 11.3 Å². The number of thiophene rings is 1. The van der Waals surface area contributed by atoms with Crippen LogP contribution in [-0.4, -0.2) is 18.2 Å². The molecule has 0 radical (unpaired) electrons. The lowest BCUT2D eigenvalue weighted by molar-refractivity contribution is -0.121. The van der Waals surface area contributed by atoms with Crippen LogP contribution in [0.2, 0.25) is 5.02 Å². The Bertz CT molecular complexity index is 625. The molecule has 1 aromatic heterocycles. The fourth-order valence-electron chi connectivity index (χ4n) is 2.10. The summed E-state index contributed by atoms with van der Waals surface area (Å²) in [4.78, 5) is 24.3. The average Bonchev–Trinajstić information content (AvgIpc) is 3.01. The summed E-state index contributed by atoms with van der Waals surface area (Å²) in [6.45, 7) is 0.581. The Hall–Kier alpha value is -1.65. The molecule has 1 N–H and O–H groups in total. The van der Waals surface area contributed by atoms with Gasteiger partial charge in [-0.3, -0.25) is 9.59 Å². The van der Waals surface area contributed by atoms with Crippen molar-refractivity contribution >= 4 is 34.6 Å². The largest absolute Gasteiger partial charge is 0.356 e. The molecule has 0 aliphatic heterocycles. The Balaban J connectivity index is 1.61. The lowest BCUT2D eigenvalue weighted by Gasteiger charge is -2.05. The predicted octanol–water partition coefficient (Wildman–Crippen LogP) is 4.11. The number of hydrogen-bond donors (Lipinski definition) is 1. The summed E-state index contributed by atoms with van der Waals surface area (Å²) in [5, 5.41) is 5.46. The summed E-state index contributed by atoms with van der Waals surface area (Å²) in [5.74, 6) is 0.0998. The Morgan fingerprint density at radius 1 is 1.14 bits per heavy atom. The normalized spacial score (nSPS) is 10.4. The Kier molecular flexibility index (Phi) is 6.62.